The molecule has 0 saturated carbocycles. The molecule has 4 rings (SSSR count). The van der Waals surface area contributed by atoms with Crippen molar-refractivity contribution >= 4 is 17.8 Å². The van der Waals surface area contributed by atoms with E-state index in [0.29, 0.717) is 5.56 Å². The van der Waals surface area contributed by atoms with Crippen molar-refractivity contribution in [3.8, 4) is 0 Å². The number of ether oxygens (including phenoxy) is 2. The average molecular weight is 505 g/mol. The van der Waals surface area contributed by atoms with Crippen molar-refractivity contribution in [3.63, 3.8) is 0 Å². The third kappa shape index (κ3) is 6.40. The molecule has 1 saturated heterocycles. The van der Waals surface area contributed by atoms with Crippen LogP contribution in [-0.4, -0.2) is 60.8 Å². The Morgan fingerprint density at radius 1 is 0.811 bits per heavy atom. The van der Waals surface area contributed by atoms with Gasteiger partial charge in [-0.15, -0.1) is 0 Å². The number of nitrogens with zero attached hydrogens (tertiary/aromatic N) is 1. The van der Waals surface area contributed by atoms with E-state index in [0.717, 1.165) is 5.56 Å². The number of benzene rings is 3. The van der Waals surface area contributed by atoms with E-state index in [2.05, 4.69) is 5.32 Å². The Morgan fingerprint density at radius 3 is 1.92 bits per heavy atom. The molecule has 1 heterocycles. The fourth-order valence-electron chi connectivity index (χ4n) is 4.52. The van der Waals surface area contributed by atoms with Gasteiger partial charge in [-0.1, -0.05) is 66.7 Å². The first-order valence-corrected chi connectivity index (χ1v) is 12.1. The first kappa shape index (κ1) is 26.0. The molecule has 0 aromatic heterocycles. The number of halogens is 1. The minimum atomic E-state index is -1.70. The Kier molecular flexibility index (Phi) is 8.64. The van der Waals surface area contributed by atoms with Gasteiger partial charge in [0.25, 0.3) is 0 Å². The first-order valence-electron chi connectivity index (χ1n) is 12.1. The normalized spacial score (nSPS) is 21.2. The molecule has 37 heavy (non-hydrogen) atoms. The molecule has 0 bridgehead atoms. The molecule has 192 valence electrons. The Hall–Kier alpha value is -4.04. The first-order chi connectivity index (χ1) is 18.0. The van der Waals surface area contributed by atoms with E-state index in [9.17, 15) is 14.4 Å². The van der Waals surface area contributed by atoms with E-state index >= 15 is 4.39 Å². The third-order valence-electron chi connectivity index (χ3n) is 6.44. The molecule has 8 heteroatoms. The van der Waals surface area contributed by atoms with Crippen LogP contribution in [-0.2, 0) is 20.8 Å². The van der Waals surface area contributed by atoms with Crippen LogP contribution in [0, 0.1) is 0 Å². The van der Waals surface area contributed by atoms with Crippen molar-refractivity contribution in [3.05, 3.63) is 108 Å². The summed E-state index contributed by atoms with van der Waals surface area (Å²) < 4.78 is 27.3. The summed E-state index contributed by atoms with van der Waals surface area (Å²) in [6, 6.07) is 24.4. The lowest BCUT2D eigenvalue weighted by Gasteiger charge is -2.30. The smallest absolute Gasteiger partial charge is 0.338 e. The molecule has 3 aromatic rings. The number of hydrogen-bond acceptors (Lipinski definition) is 6. The van der Waals surface area contributed by atoms with E-state index in [1.807, 2.05) is 30.3 Å². The molecule has 7 nitrogen and oxygen atoms in total. The topological polar surface area (TPSA) is 84.9 Å². The van der Waals surface area contributed by atoms with Gasteiger partial charge in [-0.2, -0.15) is 0 Å². The van der Waals surface area contributed by atoms with Crippen molar-refractivity contribution in [2.45, 2.75) is 37.3 Å². The van der Waals surface area contributed by atoms with Gasteiger partial charge in [0.05, 0.1) is 23.2 Å². The maximum Gasteiger partial charge on any atom is 0.338 e. The summed E-state index contributed by atoms with van der Waals surface area (Å²) in [6.07, 6.45) is -3.04. The van der Waals surface area contributed by atoms with Crippen molar-refractivity contribution in [2.75, 3.05) is 13.7 Å². The van der Waals surface area contributed by atoms with E-state index in [4.69, 9.17) is 9.47 Å². The minimum absolute atomic E-state index is 0.0976. The minimum Gasteiger partial charge on any atom is -0.460 e. The Labute approximate surface area is 215 Å². The largest absolute Gasteiger partial charge is 0.460 e. The summed E-state index contributed by atoms with van der Waals surface area (Å²) in [5.41, 5.74) is 1.51. The number of carbonyl (C=O) groups is 3. The molecular formula is C29H29FN2O5. The van der Waals surface area contributed by atoms with E-state index in [-0.39, 0.29) is 31.0 Å². The molecule has 4 unspecified atom stereocenters. The second-order valence-electron chi connectivity index (χ2n) is 8.81. The lowest BCUT2D eigenvalue weighted by Crippen LogP contribution is -2.43. The number of rotatable bonds is 9. The Morgan fingerprint density at radius 2 is 1.35 bits per heavy atom. The van der Waals surface area contributed by atoms with Crippen LogP contribution < -0.4 is 5.32 Å². The molecule has 0 spiro atoms. The third-order valence-corrected chi connectivity index (χ3v) is 6.44. The summed E-state index contributed by atoms with van der Waals surface area (Å²) in [5, 5.41) is 2.57. The SMILES string of the molecule is CNC(=O)CC1C(OC(=O)c2ccccc2)C(F)C(COC(=O)c2ccccc2)N1Cc1ccccc1. The number of amides is 1. The molecule has 0 aliphatic carbocycles. The Bertz CT molecular complexity index is 1190. The summed E-state index contributed by atoms with van der Waals surface area (Å²) in [5.74, 6) is -1.59. The number of alkyl halides is 1. The highest BCUT2D eigenvalue weighted by atomic mass is 19.1. The lowest BCUT2D eigenvalue weighted by molar-refractivity contribution is -0.122. The van der Waals surface area contributed by atoms with Gasteiger partial charge in [-0.05, 0) is 29.8 Å². The zero-order valence-electron chi connectivity index (χ0n) is 20.5. The van der Waals surface area contributed by atoms with Crippen molar-refractivity contribution in [1.82, 2.24) is 10.2 Å². The van der Waals surface area contributed by atoms with Gasteiger partial charge >= 0.3 is 11.9 Å². The van der Waals surface area contributed by atoms with Crippen LogP contribution in [0.5, 0.6) is 0 Å². The van der Waals surface area contributed by atoms with E-state index < -0.39 is 36.3 Å². The van der Waals surface area contributed by atoms with Crippen LogP contribution in [0.15, 0.2) is 91.0 Å². The van der Waals surface area contributed by atoms with Gasteiger partial charge < -0.3 is 14.8 Å². The van der Waals surface area contributed by atoms with Gasteiger partial charge in [0.15, 0.2) is 12.3 Å². The zero-order valence-corrected chi connectivity index (χ0v) is 20.5. The predicted molar refractivity (Wildman–Crippen MR) is 136 cm³/mol. The van der Waals surface area contributed by atoms with Crippen LogP contribution >= 0.6 is 0 Å². The van der Waals surface area contributed by atoms with Gasteiger partial charge in [0.2, 0.25) is 5.91 Å². The molecule has 1 fully saturated rings. The number of hydrogen-bond donors (Lipinski definition) is 1. The summed E-state index contributed by atoms with van der Waals surface area (Å²) in [4.78, 5) is 39.7. The van der Waals surface area contributed by atoms with Gasteiger partial charge in [0.1, 0.15) is 6.61 Å². The van der Waals surface area contributed by atoms with Crippen LogP contribution in [0.2, 0.25) is 0 Å². The molecule has 4 atom stereocenters. The maximum atomic E-state index is 16.1. The molecule has 1 amide bonds. The van der Waals surface area contributed by atoms with Crippen molar-refractivity contribution < 1.29 is 28.2 Å². The highest BCUT2D eigenvalue weighted by Gasteiger charge is 2.52. The average Bonchev–Trinajstić information content (AvgIpc) is 3.17. The van der Waals surface area contributed by atoms with E-state index in [1.54, 1.807) is 65.6 Å². The highest BCUT2D eigenvalue weighted by Crippen LogP contribution is 2.34. The van der Waals surface area contributed by atoms with Crippen LogP contribution in [0.25, 0.3) is 0 Å². The quantitative estimate of drug-likeness (QED) is 0.447. The standard InChI is InChI=1S/C29H29FN2O5/c1-31-25(33)17-23-27(37-29(35)22-15-9-4-10-16-22)26(30)24(32(23)18-20-11-5-2-6-12-20)19-36-28(34)21-13-7-3-8-14-21/h2-16,23-24,26-27H,17-19H2,1H3,(H,31,33). The molecule has 1 aliphatic rings. The monoisotopic (exact) mass is 504 g/mol. The molecule has 0 radical (unpaired) electrons. The van der Waals surface area contributed by atoms with Crippen molar-refractivity contribution in [1.29, 1.82) is 0 Å². The van der Waals surface area contributed by atoms with E-state index in [1.165, 1.54) is 7.05 Å². The lowest BCUT2D eigenvalue weighted by atomic mass is 10.1. The van der Waals surface area contributed by atoms with Gasteiger partial charge in [0, 0.05) is 20.0 Å². The fraction of sp³-hybridized carbons (Fsp3) is 0.276. The van der Waals surface area contributed by atoms with Crippen LogP contribution in [0.4, 0.5) is 4.39 Å². The van der Waals surface area contributed by atoms with Gasteiger partial charge in [-0.25, -0.2) is 14.0 Å². The maximum absolute atomic E-state index is 16.1. The molecule has 1 aliphatic heterocycles. The molecular weight excluding hydrogens is 475 g/mol. The predicted octanol–water partition coefficient (Wildman–Crippen LogP) is 3.80. The molecule has 3 aromatic carbocycles. The number of carbonyl (C=O) groups excluding carboxylic acids is 3. The summed E-state index contributed by atoms with van der Waals surface area (Å²) in [6.45, 7) is 0.00121. The summed E-state index contributed by atoms with van der Waals surface area (Å²) in [7, 11) is 1.50. The fourth-order valence-corrected chi connectivity index (χ4v) is 4.52. The Balaban J connectivity index is 1.62. The number of esters is 2. The van der Waals surface area contributed by atoms with Gasteiger partial charge in [-0.3, -0.25) is 9.69 Å². The number of likely N-dealkylation sites (tertiary alicyclic amines) is 1. The second kappa shape index (κ2) is 12.3. The second-order valence-corrected chi connectivity index (χ2v) is 8.81. The zero-order chi connectivity index (χ0) is 26.2. The van der Waals surface area contributed by atoms with Crippen LogP contribution in [0.3, 0.4) is 0 Å². The number of nitrogens with one attached hydrogen (secondary N) is 1. The van der Waals surface area contributed by atoms with Crippen molar-refractivity contribution in [2.24, 2.45) is 0 Å². The molecule has 1 N–H and O–H groups in total. The highest BCUT2D eigenvalue weighted by molar-refractivity contribution is 5.90. The van der Waals surface area contributed by atoms with Crippen LogP contribution in [0.1, 0.15) is 32.7 Å². The summed E-state index contributed by atoms with van der Waals surface area (Å²) >= 11 is 0.